The minimum atomic E-state index is -4.24. The molecule has 0 saturated carbocycles. The molecule has 8 heteroatoms. The Kier molecular flexibility index (Phi) is 3.49. The Labute approximate surface area is 106 Å². The first-order valence-corrected chi connectivity index (χ1v) is 6.22. The van der Waals surface area contributed by atoms with Crippen LogP contribution in [0.15, 0.2) is 11.6 Å². The van der Waals surface area contributed by atoms with Gasteiger partial charge in [-0.1, -0.05) is 0 Å². The first-order chi connectivity index (χ1) is 8.42. The second-order valence-corrected chi connectivity index (χ2v) is 4.82. The zero-order valence-corrected chi connectivity index (χ0v) is 10.6. The number of anilines is 1. The van der Waals surface area contributed by atoms with Crippen LogP contribution in [0.1, 0.15) is 5.69 Å². The van der Waals surface area contributed by atoms with Crippen LogP contribution in [-0.4, -0.2) is 35.7 Å². The Hall–Kier alpha value is -1.28. The average molecular weight is 278 g/mol. The number of alkyl halides is 3. The molecule has 0 aromatic carbocycles. The molecule has 100 valence electrons. The predicted molar refractivity (Wildman–Crippen MR) is 65.2 cm³/mol. The summed E-state index contributed by atoms with van der Waals surface area (Å²) in [5.41, 5.74) is 6.22. The molecule has 0 aliphatic heterocycles. The lowest BCUT2D eigenvalue weighted by Gasteiger charge is -2.19. The molecule has 0 atom stereocenters. The van der Waals surface area contributed by atoms with Crippen LogP contribution in [0, 0.1) is 0 Å². The van der Waals surface area contributed by atoms with Crippen molar-refractivity contribution in [3.8, 4) is 0 Å². The van der Waals surface area contributed by atoms with Crippen LogP contribution in [0.4, 0.5) is 19.0 Å². The maximum absolute atomic E-state index is 12.4. The smallest absolute Gasteiger partial charge is 0.349 e. The van der Waals surface area contributed by atoms with E-state index in [9.17, 15) is 13.2 Å². The molecular formula is C10H13F3N4S. The summed E-state index contributed by atoms with van der Waals surface area (Å²) in [6.07, 6.45) is -1.95. The standard InChI is InChI=1S/C10H13F3N4S/c1-16(6-10(11,12)13)8-7(2-3-14)17-4-5-18-9(17)15-8/h4-5H,2-3,6,14H2,1H3. The minimum absolute atomic E-state index is 0.352. The average Bonchev–Trinajstić information content (AvgIpc) is 2.78. The van der Waals surface area contributed by atoms with Crippen molar-refractivity contribution in [1.29, 1.82) is 0 Å². The van der Waals surface area contributed by atoms with E-state index in [2.05, 4.69) is 4.98 Å². The van der Waals surface area contributed by atoms with Crippen LogP contribution in [-0.2, 0) is 6.42 Å². The Morgan fingerprint density at radius 2 is 2.22 bits per heavy atom. The molecule has 2 aromatic heterocycles. The van der Waals surface area contributed by atoms with E-state index in [4.69, 9.17) is 5.73 Å². The number of thiazole rings is 1. The number of halogens is 3. The van der Waals surface area contributed by atoms with E-state index >= 15 is 0 Å². The summed E-state index contributed by atoms with van der Waals surface area (Å²) in [5, 5.41) is 1.84. The quantitative estimate of drug-likeness (QED) is 0.929. The summed E-state index contributed by atoms with van der Waals surface area (Å²) >= 11 is 1.39. The van der Waals surface area contributed by atoms with Gasteiger partial charge in [-0.2, -0.15) is 13.2 Å². The topological polar surface area (TPSA) is 46.6 Å². The third-order valence-electron chi connectivity index (χ3n) is 2.50. The molecule has 2 rings (SSSR count). The van der Waals surface area contributed by atoms with Gasteiger partial charge in [-0.05, 0) is 6.54 Å². The van der Waals surface area contributed by atoms with E-state index in [0.29, 0.717) is 23.7 Å². The fourth-order valence-electron chi connectivity index (χ4n) is 1.84. The van der Waals surface area contributed by atoms with E-state index in [0.717, 1.165) is 10.6 Å². The normalized spacial score (nSPS) is 12.3. The highest BCUT2D eigenvalue weighted by Gasteiger charge is 2.31. The largest absolute Gasteiger partial charge is 0.405 e. The van der Waals surface area contributed by atoms with Crippen LogP contribution in [0.25, 0.3) is 4.96 Å². The zero-order valence-electron chi connectivity index (χ0n) is 9.74. The predicted octanol–water partition coefficient (Wildman–Crippen LogP) is 1.90. The molecule has 2 aromatic rings. The van der Waals surface area contributed by atoms with Crippen molar-refractivity contribution >= 4 is 22.1 Å². The lowest BCUT2D eigenvalue weighted by Crippen LogP contribution is -2.32. The fraction of sp³-hybridized carbons (Fsp3) is 0.500. The van der Waals surface area contributed by atoms with Gasteiger partial charge >= 0.3 is 6.18 Å². The van der Waals surface area contributed by atoms with Crippen LogP contribution in [0.3, 0.4) is 0 Å². The molecule has 0 bridgehead atoms. The Bertz CT molecular complexity index is 531. The van der Waals surface area contributed by atoms with Crippen molar-refractivity contribution in [3.63, 3.8) is 0 Å². The van der Waals surface area contributed by atoms with Crippen molar-refractivity contribution in [2.45, 2.75) is 12.6 Å². The number of nitrogens with two attached hydrogens (primary N) is 1. The van der Waals surface area contributed by atoms with Crippen LogP contribution < -0.4 is 10.6 Å². The van der Waals surface area contributed by atoms with E-state index < -0.39 is 12.7 Å². The van der Waals surface area contributed by atoms with Crippen LogP contribution >= 0.6 is 11.3 Å². The third-order valence-corrected chi connectivity index (χ3v) is 3.26. The zero-order chi connectivity index (χ0) is 13.3. The lowest BCUT2D eigenvalue weighted by molar-refractivity contribution is -0.119. The van der Waals surface area contributed by atoms with Crippen LogP contribution in [0.2, 0.25) is 0 Å². The number of rotatable bonds is 4. The second-order valence-electron chi connectivity index (χ2n) is 3.95. The van der Waals surface area contributed by atoms with Crippen molar-refractivity contribution in [2.75, 3.05) is 25.0 Å². The molecule has 4 nitrogen and oxygen atoms in total. The van der Waals surface area contributed by atoms with Gasteiger partial charge in [0.15, 0.2) is 10.8 Å². The van der Waals surface area contributed by atoms with E-state index in [1.54, 1.807) is 10.6 Å². The van der Waals surface area contributed by atoms with Crippen molar-refractivity contribution in [3.05, 3.63) is 17.3 Å². The van der Waals surface area contributed by atoms with E-state index in [1.165, 1.54) is 18.4 Å². The maximum atomic E-state index is 12.4. The number of fused-ring (bicyclic) bond motifs is 1. The van der Waals surface area contributed by atoms with Crippen molar-refractivity contribution in [1.82, 2.24) is 9.38 Å². The SMILES string of the molecule is CN(CC(F)(F)F)c1nc2sccn2c1CCN. The monoisotopic (exact) mass is 278 g/mol. The van der Waals surface area contributed by atoms with Gasteiger partial charge in [-0.25, -0.2) is 4.98 Å². The number of hydrogen-bond acceptors (Lipinski definition) is 4. The number of imidazole rings is 1. The molecule has 0 aliphatic carbocycles. The van der Waals surface area contributed by atoms with Gasteiger partial charge in [0.25, 0.3) is 0 Å². The molecule has 2 heterocycles. The molecule has 0 amide bonds. The molecular weight excluding hydrogens is 265 g/mol. The molecule has 0 fully saturated rings. The highest BCUT2D eigenvalue weighted by Crippen LogP contribution is 2.26. The Balaban J connectivity index is 2.36. The summed E-state index contributed by atoms with van der Waals surface area (Å²) in [6.45, 7) is -0.647. The molecule has 0 radical (unpaired) electrons. The van der Waals surface area contributed by atoms with Gasteiger partial charge in [0.1, 0.15) is 6.54 Å². The van der Waals surface area contributed by atoms with Crippen molar-refractivity contribution in [2.24, 2.45) is 5.73 Å². The Morgan fingerprint density at radius 3 is 2.83 bits per heavy atom. The van der Waals surface area contributed by atoms with Gasteiger partial charge in [0.05, 0.1) is 5.69 Å². The molecule has 0 spiro atoms. The fourth-order valence-corrected chi connectivity index (χ4v) is 2.57. The van der Waals surface area contributed by atoms with Gasteiger partial charge in [0.2, 0.25) is 0 Å². The first kappa shape index (κ1) is 13.2. The Morgan fingerprint density at radius 1 is 1.50 bits per heavy atom. The van der Waals surface area contributed by atoms with Gasteiger partial charge in [-0.3, -0.25) is 4.40 Å². The molecule has 0 unspecified atom stereocenters. The lowest BCUT2D eigenvalue weighted by atomic mass is 10.3. The van der Waals surface area contributed by atoms with Gasteiger partial charge < -0.3 is 10.6 Å². The van der Waals surface area contributed by atoms with Crippen LogP contribution in [0.5, 0.6) is 0 Å². The number of hydrogen-bond donors (Lipinski definition) is 1. The maximum Gasteiger partial charge on any atom is 0.405 e. The number of aromatic nitrogens is 2. The van der Waals surface area contributed by atoms with Crippen molar-refractivity contribution < 1.29 is 13.2 Å². The molecule has 0 saturated heterocycles. The van der Waals surface area contributed by atoms with Gasteiger partial charge in [-0.15, -0.1) is 11.3 Å². The second kappa shape index (κ2) is 4.77. The van der Waals surface area contributed by atoms with E-state index in [-0.39, 0.29) is 0 Å². The summed E-state index contributed by atoms with van der Waals surface area (Å²) in [7, 11) is 1.39. The summed E-state index contributed by atoms with van der Waals surface area (Å²) in [5.74, 6) is 0.352. The van der Waals surface area contributed by atoms with E-state index in [1.807, 2.05) is 5.38 Å². The van der Waals surface area contributed by atoms with Gasteiger partial charge in [0, 0.05) is 25.0 Å². The minimum Gasteiger partial charge on any atom is -0.349 e. The highest BCUT2D eigenvalue weighted by atomic mass is 32.1. The molecule has 2 N–H and O–H groups in total. The summed E-state index contributed by atoms with van der Waals surface area (Å²) in [6, 6.07) is 0. The first-order valence-electron chi connectivity index (χ1n) is 5.35. The molecule has 18 heavy (non-hydrogen) atoms. The summed E-state index contributed by atoms with van der Waals surface area (Å²) < 4.78 is 39.0. The molecule has 0 aliphatic rings. The highest BCUT2D eigenvalue weighted by molar-refractivity contribution is 7.15. The third kappa shape index (κ3) is 2.59. The number of nitrogens with zero attached hydrogens (tertiary/aromatic N) is 3. The summed E-state index contributed by atoms with van der Waals surface area (Å²) in [4.78, 5) is 6.03.